The molecule has 0 saturated carbocycles. The second-order valence-corrected chi connectivity index (χ2v) is 3.92. The number of hydrogen-bond acceptors (Lipinski definition) is 3. The largest absolute Gasteiger partial charge is 0.310 e. The number of rotatable bonds is 5. The van der Waals surface area contributed by atoms with Crippen LogP contribution in [0.5, 0.6) is 0 Å². The Hall–Kier alpha value is -0.870. The first-order valence-electron chi connectivity index (χ1n) is 4.95. The zero-order chi connectivity index (χ0) is 10.6. The lowest BCUT2D eigenvalue weighted by molar-refractivity contribution is 0.302. The van der Waals surface area contributed by atoms with Crippen molar-refractivity contribution >= 4 is 0 Å². The lowest BCUT2D eigenvalue weighted by atomic mass is 10.3. The lowest BCUT2D eigenvalue weighted by Gasteiger charge is -2.19. The summed E-state index contributed by atoms with van der Waals surface area (Å²) in [5, 5.41) is 7.67. The molecule has 0 aliphatic heterocycles. The van der Waals surface area contributed by atoms with E-state index in [0.717, 1.165) is 18.8 Å². The zero-order valence-electron chi connectivity index (χ0n) is 9.49. The molecule has 4 heteroatoms. The molecule has 0 aromatic carbocycles. The van der Waals surface area contributed by atoms with E-state index in [0.29, 0.717) is 6.04 Å². The normalized spacial score (nSPS) is 13.5. The number of nitrogens with zero attached hydrogens (tertiary/aromatic N) is 3. The fraction of sp³-hybridized carbons (Fsp3) is 0.700. The highest BCUT2D eigenvalue weighted by molar-refractivity contribution is 4.97. The van der Waals surface area contributed by atoms with E-state index in [1.807, 2.05) is 24.0 Å². The van der Waals surface area contributed by atoms with Crippen molar-refractivity contribution in [1.82, 2.24) is 20.0 Å². The molecule has 0 aliphatic rings. The summed E-state index contributed by atoms with van der Waals surface area (Å²) >= 11 is 0. The molecule has 0 amide bonds. The summed E-state index contributed by atoms with van der Waals surface area (Å²) in [5.41, 5.74) is 1.10. The standard InChI is InChI=1S/C10H20N4/c1-9(13(2)3)7-11-8-10-5-6-14(4)12-10/h5-6,9,11H,7-8H2,1-4H3. The fourth-order valence-corrected chi connectivity index (χ4v) is 1.15. The first kappa shape index (κ1) is 11.2. The van der Waals surface area contributed by atoms with Crippen LogP contribution in [0, 0.1) is 0 Å². The van der Waals surface area contributed by atoms with Crippen molar-refractivity contribution in [3.05, 3.63) is 18.0 Å². The maximum atomic E-state index is 4.29. The third-order valence-corrected chi connectivity index (χ3v) is 2.40. The van der Waals surface area contributed by atoms with Crippen molar-refractivity contribution in [3.8, 4) is 0 Å². The third kappa shape index (κ3) is 3.47. The van der Waals surface area contributed by atoms with Crippen LogP contribution in [-0.4, -0.2) is 41.4 Å². The molecule has 1 N–H and O–H groups in total. The Morgan fingerprint density at radius 2 is 2.29 bits per heavy atom. The van der Waals surface area contributed by atoms with Gasteiger partial charge in [-0.05, 0) is 27.1 Å². The van der Waals surface area contributed by atoms with Crippen LogP contribution in [0.2, 0.25) is 0 Å². The molecule has 4 nitrogen and oxygen atoms in total. The molecule has 0 fully saturated rings. The van der Waals surface area contributed by atoms with Crippen LogP contribution in [0.15, 0.2) is 12.3 Å². The van der Waals surface area contributed by atoms with E-state index in [2.05, 4.69) is 36.3 Å². The topological polar surface area (TPSA) is 33.1 Å². The Morgan fingerprint density at radius 3 is 2.79 bits per heavy atom. The van der Waals surface area contributed by atoms with Gasteiger partial charge in [-0.3, -0.25) is 4.68 Å². The van der Waals surface area contributed by atoms with Crippen molar-refractivity contribution in [3.63, 3.8) is 0 Å². The van der Waals surface area contributed by atoms with Gasteiger partial charge in [0.1, 0.15) is 0 Å². The van der Waals surface area contributed by atoms with Gasteiger partial charge in [0.15, 0.2) is 0 Å². The molecule has 1 heterocycles. The Labute approximate surface area is 85.9 Å². The first-order chi connectivity index (χ1) is 6.59. The van der Waals surface area contributed by atoms with E-state index in [4.69, 9.17) is 0 Å². The molecule has 0 radical (unpaired) electrons. The molecule has 1 aromatic rings. The van der Waals surface area contributed by atoms with Crippen LogP contribution in [-0.2, 0) is 13.6 Å². The average Bonchev–Trinajstić information content (AvgIpc) is 2.51. The van der Waals surface area contributed by atoms with E-state index < -0.39 is 0 Å². The third-order valence-electron chi connectivity index (χ3n) is 2.40. The summed E-state index contributed by atoms with van der Waals surface area (Å²) < 4.78 is 1.83. The van der Waals surface area contributed by atoms with E-state index in [1.165, 1.54) is 0 Å². The molecule has 0 aliphatic carbocycles. The van der Waals surface area contributed by atoms with Crippen molar-refractivity contribution < 1.29 is 0 Å². The Balaban J connectivity index is 2.22. The van der Waals surface area contributed by atoms with Crippen molar-refractivity contribution in [2.45, 2.75) is 19.5 Å². The minimum Gasteiger partial charge on any atom is -0.310 e. The van der Waals surface area contributed by atoms with Crippen LogP contribution >= 0.6 is 0 Å². The molecular formula is C10H20N4. The minimum absolute atomic E-state index is 0.554. The van der Waals surface area contributed by atoms with Gasteiger partial charge in [-0.2, -0.15) is 5.10 Å². The van der Waals surface area contributed by atoms with Crippen LogP contribution in [0.4, 0.5) is 0 Å². The molecule has 14 heavy (non-hydrogen) atoms. The van der Waals surface area contributed by atoms with Gasteiger partial charge >= 0.3 is 0 Å². The molecule has 0 saturated heterocycles. The number of hydrogen-bond donors (Lipinski definition) is 1. The van der Waals surface area contributed by atoms with Crippen LogP contribution in [0.1, 0.15) is 12.6 Å². The molecule has 1 rings (SSSR count). The van der Waals surface area contributed by atoms with Crippen LogP contribution in [0.25, 0.3) is 0 Å². The van der Waals surface area contributed by atoms with Crippen LogP contribution in [0.3, 0.4) is 0 Å². The van der Waals surface area contributed by atoms with Gasteiger partial charge in [-0.25, -0.2) is 0 Å². The Bertz CT molecular complexity index is 267. The predicted octanol–water partition coefficient (Wildman–Crippen LogP) is 0.460. The highest BCUT2D eigenvalue weighted by Gasteiger charge is 2.03. The maximum absolute atomic E-state index is 4.29. The molecule has 80 valence electrons. The minimum atomic E-state index is 0.554. The first-order valence-corrected chi connectivity index (χ1v) is 4.95. The van der Waals surface area contributed by atoms with Crippen LogP contribution < -0.4 is 5.32 Å². The second kappa shape index (κ2) is 5.12. The quantitative estimate of drug-likeness (QED) is 0.742. The Morgan fingerprint density at radius 1 is 1.57 bits per heavy atom. The highest BCUT2D eigenvalue weighted by Crippen LogP contribution is 1.94. The van der Waals surface area contributed by atoms with E-state index in [9.17, 15) is 0 Å². The maximum Gasteiger partial charge on any atom is 0.0762 e. The summed E-state index contributed by atoms with van der Waals surface area (Å²) in [6, 6.07) is 2.59. The SMILES string of the molecule is CC(CNCc1ccn(C)n1)N(C)C. The summed E-state index contributed by atoms with van der Waals surface area (Å²) in [4.78, 5) is 2.20. The number of aromatic nitrogens is 2. The van der Waals surface area contributed by atoms with E-state index in [1.54, 1.807) is 0 Å². The number of likely N-dealkylation sites (N-methyl/N-ethyl adjacent to an activating group) is 1. The van der Waals surface area contributed by atoms with Gasteiger partial charge in [0.25, 0.3) is 0 Å². The fourth-order valence-electron chi connectivity index (χ4n) is 1.15. The summed E-state index contributed by atoms with van der Waals surface area (Å²) in [6.45, 7) is 4.04. The van der Waals surface area contributed by atoms with Gasteiger partial charge in [0.05, 0.1) is 5.69 Å². The predicted molar refractivity (Wildman–Crippen MR) is 58.1 cm³/mol. The second-order valence-electron chi connectivity index (χ2n) is 3.92. The molecule has 0 bridgehead atoms. The van der Waals surface area contributed by atoms with Crippen molar-refractivity contribution in [1.29, 1.82) is 0 Å². The molecule has 0 spiro atoms. The average molecular weight is 196 g/mol. The van der Waals surface area contributed by atoms with Gasteiger partial charge in [-0.15, -0.1) is 0 Å². The van der Waals surface area contributed by atoms with Crippen molar-refractivity contribution in [2.75, 3.05) is 20.6 Å². The van der Waals surface area contributed by atoms with Crippen molar-refractivity contribution in [2.24, 2.45) is 7.05 Å². The smallest absolute Gasteiger partial charge is 0.0762 e. The lowest BCUT2D eigenvalue weighted by Crippen LogP contribution is -2.35. The van der Waals surface area contributed by atoms with Gasteiger partial charge in [0, 0.05) is 32.4 Å². The number of aryl methyl sites for hydroxylation is 1. The number of nitrogens with one attached hydrogen (secondary N) is 1. The molecular weight excluding hydrogens is 176 g/mol. The van der Waals surface area contributed by atoms with E-state index >= 15 is 0 Å². The monoisotopic (exact) mass is 196 g/mol. The molecule has 1 atom stereocenters. The highest BCUT2D eigenvalue weighted by atomic mass is 15.3. The summed E-state index contributed by atoms with van der Waals surface area (Å²) in [5.74, 6) is 0. The zero-order valence-corrected chi connectivity index (χ0v) is 9.49. The summed E-state index contributed by atoms with van der Waals surface area (Å²) in [7, 11) is 6.12. The Kier molecular flexibility index (Phi) is 4.10. The summed E-state index contributed by atoms with van der Waals surface area (Å²) in [6.07, 6.45) is 1.96. The molecule has 1 aromatic heterocycles. The molecule has 1 unspecified atom stereocenters. The van der Waals surface area contributed by atoms with E-state index in [-0.39, 0.29) is 0 Å². The van der Waals surface area contributed by atoms with Gasteiger partial charge < -0.3 is 10.2 Å². The van der Waals surface area contributed by atoms with Gasteiger partial charge in [-0.1, -0.05) is 0 Å². The van der Waals surface area contributed by atoms with Gasteiger partial charge in [0.2, 0.25) is 0 Å².